The molecular formula is C18H15IO5. The highest BCUT2D eigenvalue weighted by Gasteiger charge is 2.12. The summed E-state index contributed by atoms with van der Waals surface area (Å²) in [5.41, 5.74) is 1.17. The molecular weight excluding hydrogens is 423 g/mol. The third-order valence-corrected chi connectivity index (χ3v) is 3.80. The van der Waals surface area contributed by atoms with Gasteiger partial charge in [-0.15, -0.1) is 0 Å². The van der Waals surface area contributed by atoms with Crippen LogP contribution in [0.3, 0.4) is 0 Å². The topological polar surface area (TPSA) is 61.8 Å². The zero-order valence-corrected chi connectivity index (χ0v) is 15.3. The maximum Gasteiger partial charge on any atom is 0.343 e. The van der Waals surface area contributed by atoms with E-state index >= 15 is 0 Å². The lowest BCUT2D eigenvalue weighted by Gasteiger charge is -2.10. The summed E-state index contributed by atoms with van der Waals surface area (Å²) in [5.74, 6) is -0.233. The first-order chi connectivity index (χ1) is 11.5. The van der Waals surface area contributed by atoms with Gasteiger partial charge in [0.2, 0.25) is 0 Å². The first kappa shape index (κ1) is 18.0. The van der Waals surface area contributed by atoms with Crippen LogP contribution in [0.5, 0.6) is 11.5 Å². The monoisotopic (exact) mass is 438 g/mol. The third kappa shape index (κ3) is 4.82. The van der Waals surface area contributed by atoms with Crippen molar-refractivity contribution in [1.29, 1.82) is 0 Å². The van der Waals surface area contributed by atoms with Crippen LogP contribution in [0.4, 0.5) is 0 Å². The lowest BCUT2D eigenvalue weighted by molar-refractivity contribution is -0.134. The van der Waals surface area contributed by atoms with E-state index in [4.69, 9.17) is 9.47 Å². The van der Waals surface area contributed by atoms with Gasteiger partial charge in [0.25, 0.3) is 0 Å². The average Bonchev–Trinajstić information content (AvgIpc) is 2.60. The average molecular weight is 438 g/mol. The Balaban J connectivity index is 2.18. The van der Waals surface area contributed by atoms with Gasteiger partial charge in [-0.3, -0.25) is 0 Å². The minimum absolute atomic E-state index is 0.302. The molecule has 2 aromatic carbocycles. The van der Waals surface area contributed by atoms with Crippen molar-refractivity contribution >= 4 is 40.6 Å². The van der Waals surface area contributed by atoms with Crippen LogP contribution in [0.1, 0.15) is 15.9 Å². The Hall–Kier alpha value is -2.35. The molecule has 124 valence electrons. The summed E-state index contributed by atoms with van der Waals surface area (Å²) >= 11 is 2.16. The molecule has 5 nitrogen and oxygen atoms in total. The van der Waals surface area contributed by atoms with E-state index in [1.807, 2.05) is 12.1 Å². The van der Waals surface area contributed by atoms with Crippen LogP contribution < -0.4 is 9.47 Å². The molecule has 2 rings (SSSR count). The molecule has 2 aromatic rings. The summed E-state index contributed by atoms with van der Waals surface area (Å²) in [6.45, 7) is 0. The fraction of sp³-hybridized carbons (Fsp3) is 0.111. The molecule has 0 amide bonds. The summed E-state index contributed by atoms with van der Waals surface area (Å²) in [5, 5.41) is 0. The number of hydrogen-bond acceptors (Lipinski definition) is 5. The molecule has 0 spiro atoms. The molecule has 0 heterocycles. The molecule has 0 N–H and O–H groups in total. The molecule has 24 heavy (non-hydrogen) atoms. The number of rotatable bonds is 5. The normalized spacial score (nSPS) is 10.5. The molecule has 0 aliphatic carbocycles. The van der Waals surface area contributed by atoms with Crippen molar-refractivity contribution in [1.82, 2.24) is 0 Å². The maximum absolute atomic E-state index is 12.2. The van der Waals surface area contributed by atoms with Gasteiger partial charge in [-0.2, -0.15) is 0 Å². The largest absolute Gasteiger partial charge is 0.493 e. The second-order valence-electron chi connectivity index (χ2n) is 4.66. The number of ether oxygens (including phenoxy) is 3. The zero-order chi connectivity index (χ0) is 17.5. The van der Waals surface area contributed by atoms with Crippen molar-refractivity contribution in [2.75, 3.05) is 14.2 Å². The Morgan fingerprint density at radius 1 is 1.00 bits per heavy atom. The molecule has 0 saturated heterocycles. The Bertz CT molecular complexity index is 765. The minimum Gasteiger partial charge on any atom is -0.493 e. The molecule has 0 saturated carbocycles. The number of methoxy groups -OCH3 is 2. The fourth-order valence-corrected chi connectivity index (χ4v) is 2.21. The van der Waals surface area contributed by atoms with Gasteiger partial charge in [0.15, 0.2) is 11.5 Å². The molecule has 0 aliphatic heterocycles. The van der Waals surface area contributed by atoms with Crippen molar-refractivity contribution in [2.24, 2.45) is 0 Å². The lowest BCUT2D eigenvalue weighted by atomic mass is 10.2. The summed E-state index contributed by atoms with van der Waals surface area (Å²) in [6, 6.07) is 12.0. The number of carbonyl (C=O) groups is 2. The van der Waals surface area contributed by atoms with E-state index in [1.54, 1.807) is 36.4 Å². The maximum atomic E-state index is 12.2. The van der Waals surface area contributed by atoms with Gasteiger partial charge in [-0.25, -0.2) is 9.59 Å². The molecule has 0 unspecified atom stereocenters. The van der Waals surface area contributed by atoms with Crippen molar-refractivity contribution in [2.45, 2.75) is 0 Å². The van der Waals surface area contributed by atoms with E-state index in [9.17, 15) is 9.59 Å². The lowest BCUT2D eigenvalue weighted by Crippen LogP contribution is -2.09. The Morgan fingerprint density at radius 2 is 1.71 bits per heavy atom. The van der Waals surface area contributed by atoms with E-state index in [0.29, 0.717) is 22.6 Å². The standard InChI is InChI=1S/C18H15IO5/c1-22-16-11-12(4-10-17(20)23-2)3-9-15(16)24-18(21)13-5-7-14(19)8-6-13/h3-11H,1-2H3/b10-4+. The highest BCUT2D eigenvalue weighted by Crippen LogP contribution is 2.29. The summed E-state index contributed by atoms with van der Waals surface area (Å²) in [6.07, 6.45) is 2.88. The van der Waals surface area contributed by atoms with Gasteiger partial charge in [-0.05, 0) is 70.6 Å². The van der Waals surface area contributed by atoms with Gasteiger partial charge < -0.3 is 14.2 Å². The van der Waals surface area contributed by atoms with Crippen LogP contribution >= 0.6 is 22.6 Å². The van der Waals surface area contributed by atoms with Crippen molar-refractivity contribution < 1.29 is 23.8 Å². The Morgan fingerprint density at radius 3 is 2.33 bits per heavy atom. The molecule has 0 fully saturated rings. The molecule has 6 heteroatoms. The van der Waals surface area contributed by atoms with Gasteiger partial charge >= 0.3 is 11.9 Å². The molecule has 0 radical (unpaired) electrons. The molecule has 0 atom stereocenters. The van der Waals surface area contributed by atoms with Crippen LogP contribution in [-0.2, 0) is 9.53 Å². The minimum atomic E-state index is -0.470. The first-order valence-corrected chi connectivity index (χ1v) is 8.03. The SMILES string of the molecule is COC(=O)/C=C/c1ccc(OC(=O)c2ccc(I)cc2)c(OC)c1. The predicted molar refractivity (Wildman–Crippen MR) is 98.2 cm³/mol. The number of benzene rings is 2. The quantitative estimate of drug-likeness (QED) is 0.309. The highest BCUT2D eigenvalue weighted by molar-refractivity contribution is 14.1. The van der Waals surface area contributed by atoms with Gasteiger partial charge in [0.1, 0.15) is 0 Å². The summed E-state index contributed by atoms with van der Waals surface area (Å²) in [4.78, 5) is 23.3. The van der Waals surface area contributed by atoms with Crippen LogP contribution in [0, 0.1) is 3.57 Å². The number of halogens is 1. The van der Waals surface area contributed by atoms with Crippen molar-refractivity contribution in [3.05, 3.63) is 63.2 Å². The van der Waals surface area contributed by atoms with Crippen molar-refractivity contribution in [3.63, 3.8) is 0 Å². The van der Waals surface area contributed by atoms with E-state index in [-0.39, 0.29) is 0 Å². The predicted octanol–water partition coefficient (Wildman–Crippen LogP) is 3.71. The smallest absolute Gasteiger partial charge is 0.343 e. The second-order valence-corrected chi connectivity index (χ2v) is 5.91. The van der Waals surface area contributed by atoms with Gasteiger partial charge in [-0.1, -0.05) is 6.07 Å². The van der Waals surface area contributed by atoms with Gasteiger partial charge in [0, 0.05) is 9.65 Å². The third-order valence-electron chi connectivity index (χ3n) is 3.08. The molecule has 0 bridgehead atoms. The van der Waals surface area contributed by atoms with Crippen LogP contribution in [0.15, 0.2) is 48.5 Å². The van der Waals surface area contributed by atoms with E-state index in [2.05, 4.69) is 27.3 Å². The van der Waals surface area contributed by atoms with Crippen molar-refractivity contribution in [3.8, 4) is 11.5 Å². The Labute approximate surface area is 153 Å². The summed E-state index contributed by atoms with van der Waals surface area (Å²) < 4.78 is 16.2. The highest BCUT2D eigenvalue weighted by atomic mass is 127. The Kier molecular flexibility index (Phi) is 6.36. The zero-order valence-electron chi connectivity index (χ0n) is 13.1. The van der Waals surface area contributed by atoms with Crippen LogP contribution in [0.2, 0.25) is 0 Å². The van der Waals surface area contributed by atoms with E-state index in [1.165, 1.54) is 20.3 Å². The molecule has 0 aliphatic rings. The first-order valence-electron chi connectivity index (χ1n) is 6.95. The van der Waals surface area contributed by atoms with Crippen LogP contribution in [0.25, 0.3) is 6.08 Å². The van der Waals surface area contributed by atoms with E-state index < -0.39 is 11.9 Å². The summed E-state index contributed by atoms with van der Waals surface area (Å²) in [7, 11) is 2.78. The number of hydrogen-bond donors (Lipinski definition) is 0. The van der Waals surface area contributed by atoms with Crippen LogP contribution in [-0.4, -0.2) is 26.2 Å². The fourth-order valence-electron chi connectivity index (χ4n) is 1.85. The number of carbonyl (C=O) groups excluding carboxylic acids is 2. The molecule has 0 aromatic heterocycles. The van der Waals surface area contributed by atoms with E-state index in [0.717, 1.165) is 3.57 Å². The number of esters is 2. The van der Waals surface area contributed by atoms with Gasteiger partial charge in [0.05, 0.1) is 19.8 Å². The second kappa shape index (κ2) is 8.49.